The molecule has 1 aliphatic rings. The van der Waals surface area contributed by atoms with Crippen molar-refractivity contribution in [1.82, 2.24) is 24.4 Å². The van der Waals surface area contributed by atoms with E-state index in [1.165, 1.54) is 17.2 Å². The highest BCUT2D eigenvalue weighted by Gasteiger charge is 2.44. The van der Waals surface area contributed by atoms with Crippen LogP contribution < -0.4 is 22.9 Å². The molecule has 0 bridgehead atoms. The number of nitrogens with two attached hydrogens (primary N) is 4. The first-order valence-corrected chi connectivity index (χ1v) is 9.89. The Morgan fingerprint density at radius 2 is 2.00 bits per heavy atom. The molecule has 1 saturated heterocycles. The zero-order chi connectivity index (χ0) is 23.4. The number of nitrogen functional groups attached to an aromatic ring is 1. The molecule has 0 amide bonds. The van der Waals surface area contributed by atoms with Crippen molar-refractivity contribution in [2.45, 2.75) is 37.0 Å². The van der Waals surface area contributed by atoms with Gasteiger partial charge in [0.1, 0.15) is 36.2 Å². The zero-order valence-electron chi connectivity index (χ0n) is 17.2. The molecule has 15 heteroatoms. The van der Waals surface area contributed by atoms with E-state index in [4.69, 9.17) is 32.8 Å². The minimum atomic E-state index is -1.27. The maximum atomic E-state index is 11.0. The number of rotatable bonds is 10. The maximum Gasteiger partial charge on any atom is 0.320 e. The van der Waals surface area contributed by atoms with Crippen LogP contribution >= 0.6 is 0 Å². The first kappa shape index (κ1) is 23.6. The number of ether oxygens (including phenoxy) is 1. The van der Waals surface area contributed by atoms with Gasteiger partial charge in [0.25, 0.3) is 0 Å². The second kappa shape index (κ2) is 10.0. The van der Waals surface area contributed by atoms with Crippen LogP contribution in [0.15, 0.2) is 17.6 Å². The third-order valence-corrected chi connectivity index (χ3v) is 5.22. The van der Waals surface area contributed by atoms with Crippen molar-refractivity contribution in [3.63, 3.8) is 0 Å². The lowest BCUT2D eigenvalue weighted by Crippen LogP contribution is -2.43. The lowest BCUT2D eigenvalue weighted by atomic mass is 10.1. The van der Waals surface area contributed by atoms with E-state index in [1.54, 1.807) is 0 Å². The van der Waals surface area contributed by atoms with E-state index in [9.17, 15) is 15.0 Å². The molecule has 0 unspecified atom stereocenters. The quantitative estimate of drug-likeness (QED) is 0.136. The summed E-state index contributed by atoms with van der Waals surface area (Å²) in [6.45, 7) is 1.07. The fraction of sp³-hybridized carbons (Fsp3) is 0.588. The van der Waals surface area contributed by atoms with Crippen molar-refractivity contribution < 1.29 is 24.9 Å². The number of aliphatic hydroxyl groups is 2. The number of anilines is 1. The molecule has 15 nitrogen and oxygen atoms in total. The summed E-state index contributed by atoms with van der Waals surface area (Å²) >= 11 is 0. The van der Waals surface area contributed by atoms with Crippen molar-refractivity contribution in [2.75, 3.05) is 31.9 Å². The van der Waals surface area contributed by atoms with Crippen molar-refractivity contribution in [2.24, 2.45) is 22.2 Å². The fourth-order valence-electron chi connectivity index (χ4n) is 3.48. The van der Waals surface area contributed by atoms with Gasteiger partial charge in [-0.15, -0.1) is 0 Å². The van der Waals surface area contributed by atoms with Gasteiger partial charge in [0, 0.05) is 19.6 Å². The molecular formula is C17H28N10O5. The lowest BCUT2D eigenvalue weighted by molar-refractivity contribution is -0.138. The number of guanidine groups is 1. The van der Waals surface area contributed by atoms with Gasteiger partial charge in [-0.2, -0.15) is 0 Å². The van der Waals surface area contributed by atoms with Crippen molar-refractivity contribution in [1.29, 1.82) is 0 Å². The standard InChI is InChI=1S/C17H28N10O5/c18-8(16(30)31)1-3-26(4-2-22-17(20)21)5-9-11(28)12(29)15(32-9)27-7-25-10-13(19)23-6-24-14(10)27/h6-9,11-12,15,28-29H,1-5,18H2,(H,30,31)(H2,19,23,24)(H4,20,21,22)/t8-,9+,11+,12+,15+/m0/s1. The van der Waals surface area contributed by atoms with Crippen molar-refractivity contribution in [3.05, 3.63) is 12.7 Å². The Morgan fingerprint density at radius 3 is 2.69 bits per heavy atom. The van der Waals surface area contributed by atoms with Crippen LogP contribution in [0.4, 0.5) is 5.82 Å². The second-order valence-electron chi connectivity index (χ2n) is 7.47. The number of carboxylic acids is 1. The molecule has 32 heavy (non-hydrogen) atoms. The summed E-state index contributed by atoms with van der Waals surface area (Å²) in [5.74, 6) is -1.01. The number of aliphatic carboxylic acids is 1. The predicted octanol–water partition coefficient (Wildman–Crippen LogP) is -3.59. The highest BCUT2D eigenvalue weighted by Crippen LogP contribution is 2.32. The largest absolute Gasteiger partial charge is 0.480 e. The molecule has 2 aromatic heterocycles. The zero-order valence-corrected chi connectivity index (χ0v) is 17.2. The Kier molecular flexibility index (Phi) is 7.37. The summed E-state index contributed by atoms with van der Waals surface area (Å²) in [6.07, 6.45) is -1.43. The number of hydrogen-bond donors (Lipinski definition) is 7. The van der Waals surface area contributed by atoms with Crippen LogP contribution in [0.25, 0.3) is 11.2 Å². The Hall–Kier alpha value is -3.11. The number of hydrogen-bond acceptors (Lipinski definition) is 11. The number of carbonyl (C=O) groups is 1. The van der Waals surface area contributed by atoms with Gasteiger partial charge in [0.2, 0.25) is 0 Å². The van der Waals surface area contributed by atoms with Gasteiger partial charge in [-0.25, -0.2) is 15.0 Å². The number of aliphatic imine (C=N–C) groups is 1. The first-order valence-electron chi connectivity index (χ1n) is 9.89. The van der Waals surface area contributed by atoms with Gasteiger partial charge in [-0.1, -0.05) is 0 Å². The SMILES string of the molecule is NC(N)=NCCN(CC[C@H](N)C(=O)O)C[C@H]1O[C@@H](n2cnc3c(N)ncnc32)[C@H](O)[C@@H]1O. The lowest BCUT2D eigenvalue weighted by Gasteiger charge is -2.26. The van der Waals surface area contributed by atoms with Gasteiger partial charge in [0.05, 0.1) is 12.9 Å². The van der Waals surface area contributed by atoms with Gasteiger partial charge in [-0.3, -0.25) is 19.3 Å². The highest BCUT2D eigenvalue weighted by molar-refractivity contribution is 5.81. The van der Waals surface area contributed by atoms with Crippen LogP contribution in [0.5, 0.6) is 0 Å². The van der Waals surface area contributed by atoms with Crippen LogP contribution in [-0.4, -0.2) is 102 Å². The molecule has 0 aromatic carbocycles. The van der Waals surface area contributed by atoms with Gasteiger partial charge in [0.15, 0.2) is 23.7 Å². The van der Waals surface area contributed by atoms with E-state index >= 15 is 0 Å². The Labute approximate surface area is 182 Å². The predicted molar refractivity (Wildman–Crippen MR) is 113 cm³/mol. The molecule has 2 aromatic rings. The smallest absolute Gasteiger partial charge is 0.320 e. The summed E-state index contributed by atoms with van der Waals surface area (Å²) in [7, 11) is 0. The molecule has 3 heterocycles. The van der Waals surface area contributed by atoms with Gasteiger partial charge in [-0.05, 0) is 6.42 Å². The second-order valence-corrected chi connectivity index (χ2v) is 7.47. The average molecular weight is 452 g/mol. The van der Waals surface area contributed by atoms with E-state index in [-0.39, 0.29) is 31.3 Å². The molecule has 5 atom stereocenters. The molecule has 1 fully saturated rings. The molecule has 3 rings (SSSR count). The highest BCUT2D eigenvalue weighted by atomic mass is 16.6. The summed E-state index contributed by atoms with van der Waals surface area (Å²) < 4.78 is 7.42. The fourth-order valence-corrected chi connectivity index (χ4v) is 3.48. The summed E-state index contributed by atoms with van der Waals surface area (Å²) in [5, 5.41) is 30.2. The number of imidazole rings is 1. The Morgan fingerprint density at radius 1 is 1.25 bits per heavy atom. The number of nitrogens with zero attached hydrogens (tertiary/aromatic N) is 6. The van der Waals surface area contributed by atoms with Crippen LogP contribution in [0, 0.1) is 0 Å². The van der Waals surface area contributed by atoms with E-state index < -0.39 is 36.6 Å². The molecular weight excluding hydrogens is 424 g/mol. The number of carboxylic acid groups (broad SMARTS) is 1. The summed E-state index contributed by atoms with van der Waals surface area (Å²) in [6, 6.07) is -1.05. The van der Waals surface area contributed by atoms with Crippen molar-refractivity contribution >= 4 is 28.9 Å². The molecule has 176 valence electrons. The molecule has 0 saturated carbocycles. The topological polar surface area (TPSA) is 250 Å². The number of fused-ring (bicyclic) bond motifs is 1. The molecule has 0 spiro atoms. The third kappa shape index (κ3) is 5.20. The molecule has 11 N–H and O–H groups in total. The van der Waals surface area contributed by atoms with Gasteiger partial charge < -0.3 is 43.0 Å². The maximum absolute atomic E-state index is 11.0. The number of aromatic nitrogens is 4. The molecule has 0 aliphatic carbocycles. The number of aliphatic hydroxyl groups excluding tert-OH is 2. The third-order valence-electron chi connectivity index (χ3n) is 5.22. The van der Waals surface area contributed by atoms with E-state index in [1.807, 2.05) is 4.90 Å². The minimum Gasteiger partial charge on any atom is -0.480 e. The van der Waals surface area contributed by atoms with E-state index in [2.05, 4.69) is 19.9 Å². The normalized spacial score (nSPS) is 24.1. The van der Waals surface area contributed by atoms with Gasteiger partial charge >= 0.3 is 5.97 Å². The van der Waals surface area contributed by atoms with Crippen LogP contribution in [-0.2, 0) is 9.53 Å². The molecule has 1 aliphatic heterocycles. The van der Waals surface area contributed by atoms with E-state index in [0.717, 1.165) is 0 Å². The Balaban J connectivity index is 1.73. The summed E-state index contributed by atoms with van der Waals surface area (Å²) in [5.41, 5.74) is 22.8. The van der Waals surface area contributed by atoms with E-state index in [0.29, 0.717) is 24.3 Å². The monoisotopic (exact) mass is 452 g/mol. The van der Waals surface area contributed by atoms with Crippen molar-refractivity contribution in [3.8, 4) is 0 Å². The van der Waals surface area contributed by atoms with Crippen LogP contribution in [0.2, 0.25) is 0 Å². The first-order chi connectivity index (χ1) is 15.2. The van der Waals surface area contributed by atoms with Crippen LogP contribution in [0.3, 0.4) is 0 Å². The molecule has 0 radical (unpaired) electrons. The summed E-state index contributed by atoms with van der Waals surface area (Å²) in [4.78, 5) is 28.9. The average Bonchev–Trinajstić information content (AvgIpc) is 3.28. The van der Waals surface area contributed by atoms with Crippen LogP contribution in [0.1, 0.15) is 12.6 Å². The Bertz CT molecular complexity index is 964. The minimum absolute atomic E-state index is 0.0759.